The molecule has 1 unspecified atom stereocenters. The third-order valence-electron chi connectivity index (χ3n) is 5.16. The van der Waals surface area contributed by atoms with Crippen LogP contribution in [0.3, 0.4) is 0 Å². The lowest BCUT2D eigenvalue weighted by molar-refractivity contribution is 0.0608. The molecule has 0 amide bonds. The van der Waals surface area contributed by atoms with E-state index in [1.54, 1.807) is 37.3 Å². The number of hydrogen-bond acceptors (Lipinski definition) is 7. The molecule has 0 bridgehead atoms. The Kier molecular flexibility index (Phi) is 5.57. The highest BCUT2D eigenvalue weighted by atomic mass is 32.2. The fraction of sp³-hybridized carbons (Fsp3) is 0.136. The molecule has 2 heterocycles. The standard InChI is InChI=1S/C22H18N2O6S2/c1-13(14-7-4-3-5-8-14)32(28,29)16-10-6-9-15(11-16)24-20(25)18-17(23-22(24)27)12-31-19(18)21(26)30-2/h3-13H,1-2H3,(H,23,27). The van der Waals surface area contributed by atoms with Gasteiger partial charge in [-0.2, -0.15) is 0 Å². The molecule has 10 heteroatoms. The van der Waals surface area contributed by atoms with Crippen molar-refractivity contribution in [2.75, 3.05) is 7.11 Å². The lowest BCUT2D eigenvalue weighted by Gasteiger charge is -2.14. The average Bonchev–Trinajstić information content (AvgIpc) is 3.23. The summed E-state index contributed by atoms with van der Waals surface area (Å²) in [6, 6.07) is 14.4. The monoisotopic (exact) mass is 470 g/mol. The van der Waals surface area contributed by atoms with E-state index in [9.17, 15) is 22.8 Å². The summed E-state index contributed by atoms with van der Waals surface area (Å²) in [5.41, 5.74) is -0.585. The summed E-state index contributed by atoms with van der Waals surface area (Å²) in [5, 5.41) is 0.656. The zero-order valence-electron chi connectivity index (χ0n) is 17.1. The minimum Gasteiger partial charge on any atom is -0.465 e. The molecule has 0 saturated carbocycles. The summed E-state index contributed by atoms with van der Waals surface area (Å²) in [5.74, 6) is -0.700. The van der Waals surface area contributed by atoms with Gasteiger partial charge in [0.05, 0.1) is 33.8 Å². The van der Waals surface area contributed by atoms with E-state index in [1.165, 1.54) is 36.8 Å². The first-order valence-corrected chi connectivity index (χ1v) is 11.9. The van der Waals surface area contributed by atoms with Gasteiger partial charge in [-0.05, 0) is 30.7 Å². The molecule has 4 aromatic rings. The van der Waals surface area contributed by atoms with E-state index in [2.05, 4.69) is 4.98 Å². The topological polar surface area (TPSA) is 115 Å². The van der Waals surface area contributed by atoms with Crippen LogP contribution in [0.5, 0.6) is 0 Å². The Bertz CT molecular complexity index is 1550. The summed E-state index contributed by atoms with van der Waals surface area (Å²) in [6.07, 6.45) is 0. The number of nitrogens with zero attached hydrogens (tertiary/aromatic N) is 1. The molecule has 1 N–H and O–H groups in total. The highest BCUT2D eigenvalue weighted by Gasteiger charge is 2.26. The van der Waals surface area contributed by atoms with Gasteiger partial charge in [-0.1, -0.05) is 36.4 Å². The van der Waals surface area contributed by atoms with Gasteiger partial charge in [0.2, 0.25) is 0 Å². The second-order valence-electron chi connectivity index (χ2n) is 7.01. The van der Waals surface area contributed by atoms with Gasteiger partial charge in [-0.15, -0.1) is 11.3 Å². The predicted molar refractivity (Wildman–Crippen MR) is 121 cm³/mol. The number of sulfone groups is 1. The van der Waals surface area contributed by atoms with Crippen molar-refractivity contribution < 1.29 is 17.9 Å². The number of ether oxygens (including phenoxy) is 1. The van der Waals surface area contributed by atoms with Crippen molar-refractivity contribution >= 4 is 38.0 Å². The van der Waals surface area contributed by atoms with Crippen LogP contribution >= 0.6 is 11.3 Å². The van der Waals surface area contributed by atoms with Crippen LogP contribution in [-0.2, 0) is 14.6 Å². The molecule has 0 fully saturated rings. The molecule has 164 valence electrons. The van der Waals surface area contributed by atoms with E-state index >= 15 is 0 Å². The van der Waals surface area contributed by atoms with Crippen LogP contribution in [0.15, 0.2) is 74.5 Å². The molecule has 4 rings (SSSR count). The lowest BCUT2D eigenvalue weighted by Crippen LogP contribution is -2.34. The largest absolute Gasteiger partial charge is 0.465 e. The number of hydrogen-bond donors (Lipinski definition) is 1. The van der Waals surface area contributed by atoms with Crippen LogP contribution in [0.2, 0.25) is 0 Å². The number of benzene rings is 2. The van der Waals surface area contributed by atoms with E-state index < -0.39 is 32.3 Å². The summed E-state index contributed by atoms with van der Waals surface area (Å²) in [4.78, 5) is 40.5. The molecule has 0 saturated heterocycles. The van der Waals surface area contributed by atoms with Gasteiger partial charge in [-0.3, -0.25) is 4.79 Å². The number of aromatic nitrogens is 2. The molecule has 0 spiro atoms. The van der Waals surface area contributed by atoms with Crippen molar-refractivity contribution in [1.82, 2.24) is 9.55 Å². The normalized spacial score (nSPS) is 12.6. The molecule has 0 aliphatic carbocycles. The van der Waals surface area contributed by atoms with Crippen molar-refractivity contribution in [3.8, 4) is 5.69 Å². The van der Waals surface area contributed by atoms with Crippen LogP contribution in [-0.4, -0.2) is 31.0 Å². The number of esters is 1. The molecular formula is C22H18N2O6S2. The SMILES string of the molecule is COC(=O)c1scc2[nH]c(=O)n(-c3cccc(S(=O)(=O)C(C)c4ccccc4)c3)c(=O)c12. The van der Waals surface area contributed by atoms with Gasteiger partial charge in [0.1, 0.15) is 4.88 Å². The lowest BCUT2D eigenvalue weighted by atomic mass is 10.2. The Hall–Kier alpha value is -3.50. The number of fused-ring (bicyclic) bond motifs is 1. The van der Waals surface area contributed by atoms with Crippen LogP contribution < -0.4 is 11.2 Å². The second kappa shape index (κ2) is 8.21. The van der Waals surface area contributed by atoms with Gasteiger partial charge >= 0.3 is 11.7 Å². The van der Waals surface area contributed by atoms with Crippen molar-refractivity contribution in [3.63, 3.8) is 0 Å². The third-order valence-corrected chi connectivity index (χ3v) is 8.24. The maximum Gasteiger partial charge on any atom is 0.348 e. The van der Waals surface area contributed by atoms with Gasteiger partial charge in [0.25, 0.3) is 5.56 Å². The van der Waals surface area contributed by atoms with Gasteiger partial charge in [0.15, 0.2) is 9.84 Å². The zero-order chi connectivity index (χ0) is 23.0. The minimum atomic E-state index is -3.81. The van der Waals surface area contributed by atoms with Crippen LogP contribution in [0, 0.1) is 0 Å². The minimum absolute atomic E-state index is 0.00682. The number of carbonyl (C=O) groups is 1. The predicted octanol–water partition coefficient (Wildman–Crippen LogP) is 3.06. The van der Waals surface area contributed by atoms with Crippen molar-refractivity contribution in [3.05, 3.63) is 91.3 Å². The first kappa shape index (κ1) is 21.7. The number of aromatic amines is 1. The van der Waals surface area contributed by atoms with E-state index in [0.717, 1.165) is 15.9 Å². The molecule has 2 aromatic carbocycles. The summed E-state index contributed by atoms with van der Waals surface area (Å²) in [6.45, 7) is 1.58. The number of rotatable bonds is 5. The summed E-state index contributed by atoms with van der Waals surface area (Å²) < 4.78 is 31.9. The molecular weight excluding hydrogens is 452 g/mol. The van der Waals surface area contributed by atoms with Crippen LogP contribution in [0.1, 0.15) is 27.4 Å². The first-order chi connectivity index (χ1) is 15.3. The van der Waals surface area contributed by atoms with Gasteiger partial charge in [0, 0.05) is 5.38 Å². The van der Waals surface area contributed by atoms with E-state index in [1.807, 2.05) is 0 Å². The molecule has 1 atom stereocenters. The number of methoxy groups -OCH3 is 1. The Balaban J connectivity index is 1.88. The Morgan fingerprint density at radius 1 is 1.09 bits per heavy atom. The maximum atomic E-state index is 13.2. The highest BCUT2D eigenvalue weighted by molar-refractivity contribution is 7.91. The molecule has 0 aliphatic heterocycles. The van der Waals surface area contributed by atoms with Gasteiger partial charge < -0.3 is 9.72 Å². The smallest absolute Gasteiger partial charge is 0.348 e. The van der Waals surface area contributed by atoms with E-state index in [0.29, 0.717) is 5.56 Å². The average molecular weight is 471 g/mol. The molecule has 0 aliphatic rings. The summed E-state index contributed by atoms with van der Waals surface area (Å²) in [7, 11) is -2.61. The van der Waals surface area contributed by atoms with E-state index in [4.69, 9.17) is 4.74 Å². The Morgan fingerprint density at radius 2 is 1.81 bits per heavy atom. The van der Waals surface area contributed by atoms with Crippen molar-refractivity contribution in [2.45, 2.75) is 17.1 Å². The van der Waals surface area contributed by atoms with E-state index in [-0.39, 0.29) is 26.4 Å². The number of H-pyrrole nitrogens is 1. The van der Waals surface area contributed by atoms with Gasteiger partial charge in [-0.25, -0.2) is 22.6 Å². The van der Waals surface area contributed by atoms with Crippen LogP contribution in [0.4, 0.5) is 0 Å². The Morgan fingerprint density at radius 3 is 2.50 bits per heavy atom. The number of thiophene rings is 1. The number of nitrogens with one attached hydrogen (secondary N) is 1. The first-order valence-electron chi connectivity index (χ1n) is 9.50. The quantitative estimate of drug-likeness (QED) is 0.448. The zero-order valence-corrected chi connectivity index (χ0v) is 18.7. The summed E-state index contributed by atoms with van der Waals surface area (Å²) >= 11 is 0.977. The molecule has 32 heavy (non-hydrogen) atoms. The second-order valence-corrected chi connectivity index (χ2v) is 10.2. The van der Waals surface area contributed by atoms with Crippen molar-refractivity contribution in [2.24, 2.45) is 0 Å². The maximum absolute atomic E-state index is 13.2. The van der Waals surface area contributed by atoms with Crippen LogP contribution in [0.25, 0.3) is 16.6 Å². The fourth-order valence-corrected chi connectivity index (χ4v) is 5.81. The molecule has 8 nitrogen and oxygen atoms in total. The van der Waals surface area contributed by atoms with Crippen molar-refractivity contribution in [1.29, 1.82) is 0 Å². The molecule has 2 aromatic heterocycles. The fourth-order valence-electron chi connectivity index (χ4n) is 3.42. The molecule has 0 radical (unpaired) electrons. The highest BCUT2D eigenvalue weighted by Crippen LogP contribution is 2.29. The third kappa shape index (κ3) is 3.57. The Labute approximate surface area is 186 Å². The number of carbonyl (C=O) groups excluding carboxylic acids is 1.